The number of carbonyl (C=O) groups excluding carboxylic acids is 2. The van der Waals surface area contributed by atoms with Crippen LogP contribution < -0.4 is 26.0 Å². The molecule has 0 bridgehead atoms. The highest BCUT2D eigenvalue weighted by atomic mass is 16.5. The van der Waals surface area contributed by atoms with Gasteiger partial charge in [0, 0.05) is 53.1 Å². The van der Waals surface area contributed by atoms with Crippen molar-refractivity contribution < 1.29 is 27.9 Å². The van der Waals surface area contributed by atoms with Gasteiger partial charge in [0.05, 0.1) is 24.8 Å². The summed E-state index contributed by atoms with van der Waals surface area (Å²) in [6.07, 6.45) is 2.64. The van der Waals surface area contributed by atoms with Crippen molar-refractivity contribution in [1.29, 1.82) is 0 Å². The summed E-state index contributed by atoms with van der Waals surface area (Å²) in [6.45, 7) is 7.05. The van der Waals surface area contributed by atoms with E-state index in [2.05, 4.69) is 21.3 Å². The number of para-hydroxylation sites is 2. The second kappa shape index (κ2) is 13.0. The highest BCUT2D eigenvalue weighted by Gasteiger charge is 2.29. The summed E-state index contributed by atoms with van der Waals surface area (Å²) in [4.78, 5) is 26.1. The molecule has 10 nitrogen and oxygen atoms in total. The van der Waals surface area contributed by atoms with Crippen LogP contribution in [0.5, 0.6) is 5.75 Å². The Labute approximate surface area is 273 Å². The Hall–Kier alpha value is -4.96. The van der Waals surface area contributed by atoms with Crippen LogP contribution in [-0.4, -0.2) is 37.4 Å². The number of amides is 4. The summed E-state index contributed by atoms with van der Waals surface area (Å²) in [5, 5.41) is 14.2. The first-order valence-electron chi connectivity index (χ1n) is 16.3. The quantitative estimate of drug-likeness (QED) is 0.140. The molecule has 2 aliphatic rings. The number of hydrogen-bond donors (Lipinski definition) is 4. The van der Waals surface area contributed by atoms with E-state index in [0.717, 1.165) is 56.6 Å². The fourth-order valence-corrected chi connectivity index (χ4v) is 6.85. The van der Waals surface area contributed by atoms with Crippen molar-refractivity contribution in [1.82, 2.24) is 16.0 Å². The molecule has 0 radical (unpaired) electrons. The van der Waals surface area contributed by atoms with Crippen LogP contribution in [0.4, 0.5) is 15.3 Å². The highest BCUT2D eigenvalue weighted by Crippen LogP contribution is 2.34. The third kappa shape index (κ3) is 6.51. The van der Waals surface area contributed by atoms with Gasteiger partial charge in [0.2, 0.25) is 0 Å². The van der Waals surface area contributed by atoms with E-state index < -0.39 is 6.04 Å². The molecule has 0 aliphatic carbocycles. The summed E-state index contributed by atoms with van der Waals surface area (Å²) in [7, 11) is 0. The zero-order chi connectivity index (χ0) is 32.5. The number of anilines is 1. The van der Waals surface area contributed by atoms with Gasteiger partial charge in [-0.3, -0.25) is 0 Å². The lowest BCUT2D eigenvalue weighted by Crippen LogP contribution is -2.47. The number of furan rings is 2. The fraction of sp³-hybridized carbons (Fsp3) is 0.351. The first kappa shape index (κ1) is 30.7. The molecule has 4 atom stereocenters. The van der Waals surface area contributed by atoms with E-state index in [1.807, 2.05) is 87.5 Å². The van der Waals surface area contributed by atoms with Gasteiger partial charge in [-0.2, -0.15) is 0 Å². The predicted molar refractivity (Wildman–Crippen MR) is 180 cm³/mol. The Morgan fingerprint density at radius 3 is 2.36 bits per heavy atom. The second-order valence-corrected chi connectivity index (χ2v) is 12.5. The lowest BCUT2D eigenvalue weighted by Gasteiger charge is -2.31. The molecule has 2 unspecified atom stereocenters. The normalized spacial score (nSPS) is 18.7. The summed E-state index contributed by atoms with van der Waals surface area (Å²) in [5.41, 5.74) is 5.39. The molecular weight excluding hydrogens is 596 g/mol. The topological polar surface area (TPSA) is 127 Å². The van der Waals surface area contributed by atoms with Crippen LogP contribution in [0.1, 0.15) is 67.0 Å². The van der Waals surface area contributed by atoms with E-state index in [1.54, 1.807) is 0 Å². The molecule has 4 heterocycles. The van der Waals surface area contributed by atoms with Gasteiger partial charge >= 0.3 is 12.1 Å². The van der Waals surface area contributed by atoms with Crippen LogP contribution in [0.2, 0.25) is 0 Å². The van der Waals surface area contributed by atoms with Gasteiger partial charge in [-0.05, 0) is 69.5 Å². The minimum absolute atomic E-state index is 0.0571. The van der Waals surface area contributed by atoms with Crippen molar-refractivity contribution in [2.24, 2.45) is 0 Å². The Balaban J connectivity index is 0.995. The second-order valence-electron chi connectivity index (χ2n) is 12.5. The number of nitrogens with one attached hydrogen (secondary N) is 4. The molecule has 4 amide bonds. The molecule has 5 aromatic rings. The molecule has 4 N–H and O–H groups in total. The molecule has 3 aromatic carbocycles. The number of hydrogen-bond acceptors (Lipinski definition) is 6. The maximum atomic E-state index is 13.1. The van der Waals surface area contributed by atoms with Crippen molar-refractivity contribution in [3.63, 3.8) is 0 Å². The Morgan fingerprint density at radius 1 is 0.851 bits per heavy atom. The van der Waals surface area contributed by atoms with Crippen LogP contribution in [-0.2, 0) is 17.6 Å². The van der Waals surface area contributed by atoms with Crippen molar-refractivity contribution in [2.75, 3.05) is 18.5 Å². The van der Waals surface area contributed by atoms with Crippen LogP contribution in [0, 0.1) is 6.92 Å². The first-order chi connectivity index (χ1) is 22.8. The molecule has 2 aromatic heterocycles. The molecule has 1 saturated heterocycles. The third-order valence-corrected chi connectivity index (χ3v) is 9.17. The van der Waals surface area contributed by atoms with E-state index in [4.69, 9.17) is 18.3 Å². The molecule has 7 rings (SSSR count). The number of rotatable bonds is 8. The highest BCUT2D eigenvalue weighted by molar-refractivity contribution is 5.90. The van der Waals surface area contributed by atoms with Gasteiger partial charge in [0.15, 0.2) is 0 Å². The third-order valence-electron chi connectivity index (χ3n) is 9.17. The lowest BCUT2D eigenvalue weighted by atomic mass is 9.95. The van der Waals surface area contributed by atoms with Gasteiger partial charge in [-0.15, -0.1) is 0 Å². The molecule has 0 saturated carbocycles. The largest absolute Gasteiger partial charge is 0.493 e. The van der Waals surface area contributed by atoms with Gasteiger partial charge in [-0.1, -0.05) is 36.4 Å². The molecule has 2 aliphatic heterocycles. The average molecular weight is 637 g/mol. The first-order valence-corrected chi connectivity index (χ1v) is 16.3. The van der Waals surface area contributed by atoms with Gasteiger partial charge < -0.3 is 39.6 Å². The maximum Gasteiger partial charge on any atom is 0.319 e. The van der Waals surface area contributed by atoms with E-state index in [1.165, 1.54) is 0 Å². The van der Waals surface area contributed by atoms with E-state index >= 15 is 0 Å². The molecule has 244 valence electrons. The standard InChI is InChI=1S/C37H40N4O6/c1-21-28-8-4-6-10-32(28)46-34(21)22(2)38-36(42)41-26-15-17-44-27(19-26)20-30-29-9-5-7-11-33(29)47-35(30)23(3)39-37(43)40-25-12-13-31-24(18-25)14-16-45-31/h4-13,18,22-23,26-27H,14-17,19-20H2,1-3H3,(H2,38,41,42)(H2,39,40,43)/t22-,23-,26?,27?/m0/s1. The summed E-state index contributed by atoms with van der Waals surface area (Å²) >= 11 is 0. The van der Waals surface area contributed by atoms with Crippen LogP contribution in [0.3, 0.4) is 0 Å². The summed E-state index contributed by atoms with van der Waals surface area (Å²) < 4.78 is 24.2. The number of carbonyl (C=O) groups is 2. The minimum Gasteiger partial charge on any atom is -0.493 e. The summed E-state index contributed by atoms with van der Waals surface area (Å²) in [6, 6.07) is 20.1. The number of fused-ring (bicyclic) bond motifs is 3. The Bertz CT molecular complexity index is 1930. The van der Waals surface area contributed by atoms with Crippen molar-refractivity contribution in [3.8, 4) is 5.75 Å². The number of benzene rings is 3. The minimum atomic E-state index is -0.401. The van der Waals surface area contributed by atoms with Gasteiger partial charge in [0.25, 0.3) is 0 Å². The number of aryl methyl sites for hydroxylation is 1. The molecule has 1 fully saturated rings. The molecular formula is C37H40N4O6. The zero-order valence-corrected chi connectivity index (χ0v) is 26.9. The molecule has 47 heavy (non-hydrogen) atoms. The van der Waals surface area contributed by atoms with Gasteiger partial charge in [-0.25, -0.2) is 9.59 Å². The zero-order valence-electron chi connectivity index (χ0n) is 26.9. The SMILES string of the molecule is Cc1c([C@H](C)NC(=O)NC2CCOC(Cc3c([C@H](C)NC(=O)Nc4ccc5c(c4)CCO5)oc4ccccc34)C2)oc2ccccc12. The van der Waals surface area contributed by atoms with Crippen LogP contribution in [0.15, 0.2) is 75.6 Å². The Morgan fingerprint density at radius 2 is 1.55 bits per heavy atom. The van der Waals surface area contributed by atoms with E-state index in [-0.39, 0.29) is 30.2 Å². The van der Waals surface area contributed by atoms with E-state index in [0.29, 0.717) is 43.9 Å². The Kier molecular flexibility index (Phi) is 8.51. The average Bonchev–Trinajstić information content (AvgIpc) is 3.77. The van der Waals surface area contributed by atoms with Crippen molar-refractivity contribution in [2.45, 2.75) is 70.7 Å². The van der Waals surface area contributed by atoms with Gasteiger partial charge in [0.1, 0.15) is 28.4 Å². The fourth-order valence-electron chi connectivity index (χ4n) is 6.85. The smallest absolute Gasteiger partial charge is 0.319 e. The molecule has 10 heteroatoms. The number of urea groups is 2. The lowest BCUT2D eigenvalue weighted by molar-refractivity contribution is 0.00414. The predicted octanol–water partition coefficient (Wildman–Crippen LogP) is 7.46. The number of ether oxygens (including phenoxy) is 2. The monoisotopic (exact) mass is 636 g/mol. The van der Waals surface area contributed by atoms with Crippen LogP contribution >= 0.6 is 0 Å². The maximum absolute atomic E-state index is 13.1. The van der Waals surface area contributed by atoms with E-state index in [9.17, 15) is 9.59 Å². The van der Waals surface area contributed by atoms with Crippen molar-refractivity contribution in [3.05, 3.63) is 94.9 Å². The summed E-state index contributed by atoms with van der Waals surface area (Å²) in [5.74, 6) is 2.31. The van der Waals surface area contributed by atoms with Crippen LogP contribution in [0.25, 0.3) is 21.9 Å². The van der Waals surface area contributed by atoms with Crippen molar-refractivity contribution >= 4 is 39.7 Å². The molecule has 0 spiro atoms.